The molecule has 16 heavy (non-hydrogen) atoms. The average Bonchev–Trinajstić information content (AvgIpc) is 2.02. The Morgan fingerprint density at radius 3 is 2.00 bits per heavy atom. The molecule has 0 amide bonds. The van der Waals surface area contributed by atoms with Crippen LogP contribution in [-0.2, 0) is 19.1 Å². The van der Waals surface area contributed by atoms with Gasteiger partial charge >= 0.3 is 5.97 Å². The molecule has 94 valence electrons. The molecule has 0 fully saturated rings. The number of ether oxygens (including phenoxy) is 1. The molecule has 8 N–H and O–H groups in total. The Bertz CT molecular complexity index is 290. The molecular weight excluding hydrogens is 220 g/mol. The van der Waals surface area contributed by atoms with E-state index in [2.05, 4.69) is 11.3 Å². The standard InChI is InChI=1S/C8H10O6.2H3N/c1-3-6(11)14-8(2,7(12)13)4-5(9)10;;/h3H,1,4H2,2H3,(H,9,10)(H,12,13);2*1H3. The van der Waals surface area contributed by atoms with Crippen LogP contribution in [0.25, 0.3) is 0 Å². The molecule has 1 unspecified atom stereocenters. The predicted octanol–water partition coefficient (Wildman–Crippen LogP) is -1.88. The fourth-order valence-electron chi connectivity index (χ4n) is 0.689. The van der Waals surface area contributed by atoms with Crippen LogP contribution in [0.15, 0.2) is 12.7 Å². The van der Waals surface area contributed by atoms with Gasteiger partial charge in [0.1, 0.15) is 0 Å². The highest BCUT2D eigenvalue weighted by atomic mass is 16.6. The van der Waals surface area contributed by atoms with Crippen LogP contribution in [0.3, 0.4) is 0 Å². The van der Waals surface area contributed by atoms with Gasteiger partial charge in [-0.25, -0.2) is 4.79 Å². The Kier molecular flexibility index (Phi) is 9.04. The third kappa shape index (κ3) is 5.73. The van der Waals surface area contributed by atoms with Crippen molar-refractivity contribution in [2.75, 3.05) is 0 Å². The van der Waals surface area contributed by atoms with Crippen molar-refractivity contribution in [2.45, 2.75) is 18.9 Å². The van der Waals surface area contributed by atoms with E-state index < -0.39 is 29.9 Å². The zero-order valence-corrected chi connectivity index (χ0v) is 9.44. The van der Waals surface area contributed by atoms with E-state index in [1.165, 1.54) is 0 Å². The van der Waals surface area contributed by atoms with Gasteiger partial charge in [-0.1, -0.05) is 6.58 Å². The van der Waals surface area contributed by atoms with Crippen molar-refractivity contribution in [3.05, 3.63) is 12.7 Å². The number of carbonyl (C=O) groups excluding carboxylic acids is 3. The third-order valence-corrected chi connectivity index (χ3v) is 1.41. The first-order valence-corrected chi connectivity index (χ1v) is 3.58. The number of carbonyl (C=O) groups is 3. The SMILES string of the molecule is C=CC(=O)OC(C)(CC(=O)[O-])C(=O)[O-].[NH4+].[NH4+]. The fourth-order valence-corrected chi connectivity index (χ4v) is 0.689. The second-order valence-electron chi connectivity index (χ2n) is 2.69. The average molecular weight is 236 g/mol. The van der Waals surface area contributed by atoms with Crippen LogP contribution in [0.2, 0.25) is 0 Å². The van der Waals surface area contributed by atoms with Crippen molar-refractivity contribution in [1.82, 2.24) is 12.3 Å². The first kappa shape index (κ1) is 19.6. The van der Waals surface area contributed by atoms with Crippen LogP contribution >= 0.6 is 0 Å². The number of hydrogen-bond donors (Lipinski definition) is 2. The summed E-state index contributed by atoms with van der Waals surface area (Å²) in [5, 5.41) is 20.7. The highest BCUT2D eigenvalue weighted by Gasteiger charge is 2.30. The van der Waals surface area contributed by atoms with E-state index in [0.29, 0.717) is 0 Å². The van der Waals surface area contributed by atoms with Gasteiger partial charge in [0.25, 0.3) is 0 Å². The van der Waals surface area contributed by atoms with E-state index in [4.69, 9.17) is 0 Å². The molecule has 0 aromatic heterocycles. The summed E-state index contributed by atoms with van der Waals surface area (Å²) in [6.45, 7) is 3.93. The minimum absolute atomic E-state index is 0. The van der Waals surface area contributed by atoms with Crippen LogP contribution in [0.5, 0.6) is 0 Å². The van der Waals surface area contributed by atoms with Crippen molar-refractivity contribution in [1.29, 1.82) is 0 Å². The van der Waals surface area contributed by atoms with Gasteiger partial charge in [0.2, 0.25) is 0 Å². The minimum atomic E-state index is -2.23. The van der Waals surface area contributed by atoms with E-state index >= 15 is 0 Å². The molecule has 0 aliphatic heterocycles. The van der Waals surface area contributed by atoms with Gasteiger partial charge in [-0.05, 0) is 6.92 Å². The normalized spacial score (nSPS) is 12.1. The van der Waals surface area contributed by atoms with Gasteiger partial charge in [0.15, 0.2) is 5.60 Å². The summed E-state index contributed by atoms with van der Waals surface area (Å²) in [7, 11) is 0. The summed E-state index contributed by atoms with van der Waals surface area (Å²) in [4.78, 5) is 31.3. The lowest BCUT2D eigenvalue weighted by molar-refractivity contribution is -0.332. The van der Waals surface area contributed by atoms with Crippen LogP contribution in [0.4, 0.5) is 0 Å². The smallest absolute Gasteiger partial charge is 0.331 e. The van der Waals surface area contributed by atoms with E-state index in [0.717, 1.165) is 13.0 Å². The maximum atomic E-state index is 10.7. The number of rotatable bonds is 5. The van der Waals surface area contributed by atoms with Crippen molar-refractivity contribution in [3.63, 3.8) is 0 Å². The molecule has 0 bridgehead atoms. The molecule has 0 aliphatic rings. The molecule has 0 rings (SSSR count). The lowest BCUT2D eigenvalue weighted by Crippen LogP contribution is -2.52. The molecule has 0 radical (unpaired) electrons. The lowest BCUT2D eigenvalue weighted by atomic mass is 10.0. The first-order valence-electron chi connectivity index (χ1n) is 3.58. The Morgan fingerprint density at radius 1 is 1.31 bits per heavy atom. The fraction of sp³-hybridized carbons (Fsp3) is 0.375. The van der Waals surface area contributed by atoms with E-state index in [1.54, 1.807) is 0 Å². The molecule has 0 heterocycles. The molecule has 0 spiro atoms. The molecule has 0 saturated heterocycles. The molecule has 8 nitrogen and oxygen atoms in total. The van der Waals surface area contributed by atoms with Crippen LogP contribution in [-0.4, -0.2) is 23.5 Å². The molecule has 8 heteroatoms. The van der Waals surface area contributed by atoms with E-state index in [9.17, 15) is 24.6 Å². The summed E-state index contributed by atoms with van der Waals surface area (Å²) in [5.74, 6) is -4.51. The summed E-state index contributed by atoms with van der Waals surface area (Å²) in [5.41, 5.74) is -2.23. The van der Waals surface area contributed by atoms with Gasteiger partial charge in [-0.3, -0.25) is 0 Å². The van der Waals surface area contributed by atoms with Crippen molar-refractivity contribution in [3.8, 4) is 0 Å². The highest BCUT2D eigenvalue weighted by molar-refractivity contribution is 5.88. The summed E-state index contributed by atoms with van der Waals surface area (Å²) in [6, 6.07) is 0. The molecule has 0 aromatic rings. The van der Waals surface area contributed by atoms with Crippen LogP contribution in [0.1, 0.15) is 13.3 Å². The maximum Gasteiger partial charge on any atom is 0.331 e. The monoisotopic (exact) mass is 236 g/mol. The second kappa shape index (κ2) is 7.37. The topological polar surface area (TPSA) is 180 Å². The second-order valence-corrected chi connectivity index (χ2v) is 2.69. The quantitative estimate of drug-likeness (QED) is 0.416. The number of aliphatic carboxylic acids is 2. The maximum absolute atomic E-state index is 10.7. The largest absolute Gasteiger partial charge is 0.550 e. The minimum Gasteiger partial charge on any atom is -0.550 e. The van der Waals surface area contributed by atoms with Gasteiger partial charge in [0.05, 0.1) is 5.97 Å². The van der Waals surface area contributed by atoms with Crippen molar-refractivity contribution < 1.29 is 29.3 Å². The molecule has 0 saturated carbocycles. The summed E-state index contributed by atoms with van der Waals surface area (Å²) in [6.07, 6.45) is -0.259. The van der Waals surface area contributed by atoms with Crippen LogP contribution in [0, 0.1) is 0 Å². The first-order chi connectivity index (χ1) is 6.31. The number of carboxylic acids is 2. The van der Waals surface area contributed by atoms with Gasteiger partial charge < -0.3 is 36.8 Å². The molecular formula is C8H16N2O6. The van der Waals surface area contributed by atoms with E-state index in [1.807, 2.05) is 0 Å². The van der Waals surface area contributed by atoms with Gasteiger partial charge in [-0.15, -0.1) is 0 Å². The molecule has 0 aliphatic carbocycles. The zero-order valence-electron chi connectivity index (χ0n) is 9.44. The summed E-state index contributed by atoms with van der Waals surface area (Å²) < 4.78 is 4.32. The third-order valence-electron chi connectivity index (χ3n) is 1.41. The van der Waals surface area contributed by atoms with E-state index in [-0.39, 0.29) is 12.3 Å². The number of esters is 1. The van der Waals surface area contributed by atoms with Gasteiger partial charge in [-0.2, -0.15) is 0 Å². The van der Waals surface area contributed by atoms with Gasteiger partial charge in [0, 0.05) is 18.5 Å². The Labute approximate surface area is 92.1 Å². The van der Waals surface area contributed by atoms with Crippen molar-refractivity contribution >= 4 is 17.9 Å². The molecule has 0 aromatic carbocycles. The number of quaternary nitrogens is 2. The van der Waals surface area contributed by atoms with Crippen molar-refractivity contribution in [2.24, 2.45) is 0 Å². The lowest BCUT2D eigenvalue weighted by Gasteiger charge is -2.30. The summed E-state index contributed by atoms with van der Waals surface area (Å²) >= 11 is 0. The number of hydrogen-bond acceptors (Lipinski definition) is 6. The molecule has 1 atom stereocenters. The zero-order chi connectivity index (χ0) is 11.4. The number of carboxylic acid groups (broad SMARTS) is 2. The Balaban J connectivity index is -0.000000845. The Morgan fingerprint density at radius 2 is 1.75 bits per heavy atom. The predicted molar refractivity (Wildman–Crippen MR) is 51.3 cm³/mol. The Hall–Kier alpha value is -1.93. The van der Waals surface area contributed by atoms with Crippen LogP contribution < -0.4 is 22.5 Å². The highest BCUT2D eigenvalue weighted by Crippen LogP contribution is 2.14.